The summed E-state index contributed by atoms with van der Waals surface area (Å²) in [5.41, 5.74) is -0.123. The van der Waals surface area contributed by atoms with E-state index < -0.39 is 23.1 Å². The Hall–Kier alpha value is -2.64. The van der Waals surface area contributed by atoms with E-state index in [9.17, 15) is 13.6 Å². The molecule has 0 bridgehead atoms. The zero-order chi connectivity index (χ0) is 19.7. The van der Waals surface area contributed by atoms with Gasteiger partial charge in [0.25, 0.3) is 0 Å². The van der Waals surface area contributed by atoms with Gasteiger partial charge in [-0.1, -0.05) is 0 Å². The van der Waals surface area contributed by atoms with Gasteiger partial charge in [0.05, 0.1) is 6.10 Å². The lowest BCUT2D eigenvalue weighted by Crippen LogP contribution is -2.41. The van der Waals surface area contributed by atoms with Crippen LogP contribution in [0.5, 0.6) is 11.6 Å². The van der Waals surface area contributed by atoms with Crippen molar-refractivity contribution in [3.63, 3.8) is 0 Å². The molecule has 8 heteroatoms. The van der Waals surface area contributed by atoms with Crippen molar-refractivity contribution in [1.82, 2.24) is 9.55 Å². The van der Waals surface area contributed by atoms with Crippen molar-refractivity contribution in [3.8, 4) is 11.6 Å². The topological polar surface area (TPSA) is 56.6 Å². The number of hydrogen-bond donors (Lipinski definition) is 0. The van der Waals surface area contributed by atoms with Crippen LogP contribution in [0.3, 0.4) is 0 Å². The Labute approximate surface area is 156 Å². The molecule has 1 atom stereocenters. The van der Waals surface area contributed by atoms with Crippen LogP contribution in [-0.2, 0) is 13.2 Å². The van der Waals surface area contributed by atoms with Gasteiger partial charge in [-0.3, -0.25) is 4.57 Å². The van der Waals surface area contributed by atoms with Gasteiger partial charge in [0.2, 0.25) is 5.88 Å². The van der Waals surface area contributed by atoms with Gasteiger partial charge in [0.15, 0.2) is 17.4 Å². The fraction of sp³-hybridized carbons (Fsp3) is 0.474. The van der Waals surface area contributed by atoms with Crippen LogP contribution in [-0.4, -0.2) is 28.7 Å². The maximum Gasteiger partial charge on any atom is 0.352 e. The summed E-state index contributed by atoms with van der Waals surface area (Å²) in [6, 6.07) is 4.26. The highest BCUT2D eigenvalue weighted by Crippen LogP contribution is 2.26. The van der Waals surface area contributed by atoms with E-state index in [-0.39, 0.29) is 30.2 Å². The average molecular weight is 379 g/mol. The minimum Gasteiger partial charge on any atom is -0.485 e. The van der Waals surface area contributed by atoms with Crippen molar-refractivity contribution in [2.75, 3.05) is 11.9 Å². The van der Waals surface area contributed by atoms with Crippen LogP contribution in [0.15, 0.2) is 23.0 Å². The SMILES string of the molecule is CC(C)Oc1c(F)cc(COc2cc3n(c(=O)n2)CC[C@H](C)N3C)cc1F. The van der Waals surface area contributed by atoms with Gasteiger partial charge >= 0.3 is 5.69 Å². The fourth-order valence-electron chi connectivity index (χ4n) is 2.99. The van der Waals surface area contributed by atoms with Gasteiger partial charge in [0.1, 0.15) is 12.4 Å². The Balaban J connectivity index is 1.80. The summed E-state index contributed by atoms with van der Waals surface area (Å²) in [5.74, 6) is -1.17. The lowest BCUT2D eigenvalue weighted by molar-refractivity contribution is 0.218. The van der Waals surface area contributed by atoms with E-state index in [0.717, 1.165) is 18.6 Å². The molecule has 1 aliphatic rings. The van der Waals surface area contributed by atoms with Crippen molar-refractivity contribution in [1.29, 1.82) is 0 Å². The molecule has 146 valence electrons. The molecular weight excluding hydrogens is 356 g/mol. The highest BCUT2D eigenvalue weighted by molar-refractivity contribution is 5.44. The summed E-state index contributed by atoms with van der Waals surface area (Å²) in [7, 11) is 1.90. The van der Waals surface area contributed by atoms with E-state index in [4.69, 9.17) is 9.47 Å². The third-order valence-electron chi connectivity index (χ3n) is 4.56. The highest BCUT2D eigenvalue weighted by atomic mass is 19.1. The van der Waals surface area contributed by atoms with Crippen LogP contribution in [0.4, 0.5) is 14.6 Å². The van der Waals surface area contributed by atoms with Gasteiger partial charge < -0.3 is 14.4 Å². The Morgan fingerprint density at radius 2 is 1.93 bits per heavy atom. The van der Waals surface area contributed by atoms with Gasteiger partial charge in [-0.25, -0.2) is 13.6 Å². The first kappa shape index (κ1) is 19.1. The molecule has 0 N–H and O–H groups in total. The molecule has 0 amide bonds. The Bertz CT molecular complexity index is 875. The number of aromatic nitrogens is 2. The first-order valence-electron chi connectivity index (χ1n) is 8.88. The third-order valence-corrected chi connectivity index (χ3v) is 4.56. The largest absolute Gasteiger partial charge is 0.485 e. The van der Waals surface area contributed by atoms with Crippen molar-refractivity contribution in [2.45, 2.75) is 52.5 Å². The first-order chi connectivity index (χ1) is 12.8. The van der Waals surface area contributed by atoms with Crippen molar-refractivity contribution in [3.05, 3.63) is 45.9 Å². The lowest BCUT2D eigenvalue weighted by Gasteiger charge is -2.34. The second-order valence-corrected chi connectivity index (χ2v) is 6.98. The highest BCUT2D eigenvalue weighted by Gasteiger charge is 2.22. The predicted octanol–water partition coefficient (Wildman–Crippen LogP) is 3.12. The molecule has 0 saturated heterocycles. The van der Waals surface area contributed by atoms with Crippen LogP contribution in [0, 0.1) is 11.6 Å². The molecule has 27 heavy (non-hydrogen) atoms. The molecular formula is C19H23F2N3O3. The summed E-state index contributed by atoms with van der Waals surface area (Å²) in [4.78, 5) is 18.1. The van der Waals surface area contributed by atoms with Crippen LogP contribution in [0.1, 0.15) is 32.8 Å². The molecule has 3 rings (SSSR count). The summed E-state index contributed by atoms with van der Waals surface area (Å²) in [6.07, 6.45) is 0.511. The number of rotatable bonds is 5. The van der Waals surface area contributed by atoms with E-state index in [2.05, 4.69) is 11.9 Å². The van der Waals surface area contributed by atoms with Crippen LogP contribution < -0.4 is 20.1 Å². The summed E-state index contributed by atoms with van der Waals surface area (Å²) in [5, 5.41) is 0. The van der Waals surface area contributed by atoms with E-state index in [1.807, 2.05) is 11.9 Å². The Morgan fingerprint density at radius 1 is 1.26 bits per heavy atom. The van der Waals surface area contributed by atoms with Gasteiger partial charge in [-0.2, -0.15) is 4.98 Å². The van der Waals surface area contributed by atoms with Crippen molar-refractivity contribution in [2.24, 2.45) is 0 Å². The van der Waals surface area contributed by atoms with Crippen molar-refractivity contribution < 1.29 is 18.3 Å². The second-order valence-electron chi connectivity index (χ2n) is 6.98. The molecule has 0 unspecified atom stereocenters. The molecule has 1 aromatic heterocycles. The van der Waals surface area contributed by atoms with E-state index in [1.54, 1.807) is 24.5 Å². The fourth-order valence-corrected chi connectivity index (χ4v) is 2.99. The van der Waals surface area contributed by atoms with E-state index in [0.29, 0.717) is 12.4 Å². The quantitative estimate of drug-likeness (QED) is 0.799. The average Bonchev–Trinajstić information content (AvgIpc) is 2.59. The first-order valence-corrected chi connectivity index (χ1v) is 8.88. The third kappa shape index (κ3) is 4.04. The van der Waals surface area contributed by atoms with Gasteiger partial charge in [-0.15, -0.1) is 0 Å². The smallest absolute Gasteiger partial charge is 0.352 e. The normalized spacial score (nSPS) is 16.4. The second kappa shape index (κ2) is 7.54. The van der Waals surface area contributed by atoms with E-state index >= 15 is 0 Å². The number of ether oxygens (including phenoxy) is 2. The summed E-state index contributed by atoms with van der Waals surface area (Å²) < 4.78 is 40.4. The Kier molecular flexibility index (Phi) is 5.34. The number of fused-ring (bicyclic) bond motifs is 1. The number of benzene rings is 1. The lowest BCUT2D eigenvalue weighted by atomic mass is 10.1. The summed E-state index contributed by atoms with van der Waals surface area (Å²) in [6.45, 7) is 5.93. The monoisotopic (exact) mass is 379 g/mol. The molecule has 2 aromatic rings. The number of hydrogen-bond acceptors (Lipinski definition) is 5. The molecule has 0 fully saturated rings. The van der Waals surface area contributed by atoms with E-state index in [1.165, 1.54) is 0 Å². The maximum absolute atomic E-state index is 14.1. The molecule has 0 aliphatic carbocycles. The van der Waals surface area contributed by atoms with Gasteiger partial charge in [0, 0.05) is 25.7 Å². The molecule has 0 saturated carbocycles. The standard InChI is InChI=1S/C19H23F2N3O3/c1-11(2)27-18-14(20)7-13(8-15(18)21)10-26-16-9-17-23(4)12(3)5-6-24(17)19(25)22-16/h7-9,11-12H,5-6,10H2,1-4H3/t12-/m0/s1. The molecule has 1 aromatic carbocycles. The maximum atomic E-state index is 14.1. The zero-order valence-electron chi connectivity index (χ0n) is 15.8. The number of halogens is 2. The predicted molar refractivity (Wildman–Crippen MR) is 97.4 cm³/mol. The molecule has 1 aliphatic heterocycles. The zero-order valence-corrected chi connectivity index (χ0v) is 15.8. The van der Waals surface area contributed by atoms with Crippen molar-refractivity contribution >= 4 is 5.82 Å². The van der Waals surface area contributed by atoms with Crippen LogP contribution >= 0.6 is 0 Å². The molecule has 0 radical (unpaired) electrons. The number of anilines is 1. The number of nitrogens with zero attached hydrogens (tertiary/aromatic N) is 3. The van der Waals surface area contributed by atoms with Crippen LogP contribution in [0.2, 0.25) is 0 Å². The molecule has 0 spiro atoms. The molecule has 6 nitrogen and oxygen atoms in total. The minimum absolute atomic E-state index is 0.120. The summed E-state index contributed by atoms with van der Waals surface area (Å²) >= 11 is 0. The van der Waals surface area contributed by atoms with Gasteiger partial charge in [-0.05, 0) is 44.9 Å². The minimum atomic E-state index is -0.797. The molecule has 2 heterocycles. The van der Waals surface area contributed by atoms with Crippen LogP contribution in [0.25, 0.3) is 0 Å². The Morgan fingerprint density at radius 3 is 2.56 bits per heavy atom.